The summed E-state index contributed by atoms with van der Waals surface area (Å²) in [5, 5.41) is 0. The first-order valence-corrected chi connectivity index (χ1v) is 32.5. The number of rotatable bonds is 58. The van der Waals surface area contributed by atoms with E-state index in [2.05, 4.69) is 142 Å². The zero-order valence-electron chi connectivity index (χ0n) is 50.9. The Morgan fingerprint density at radius 3 is 0.859 bits per heavy atom. The van der Waals surface area contributed by atoms with E-state index in [1.807, 2.05) is 0 Å². The molecule has 1 atom stereocenters. The summed E-state index contributed by atoms with van der Waals surface area (Å²) in [6, 6.07) is 0. The van der Waals surface area contributed by atoms with Crippen LogP contribution in [0.4, 0.5) is 0 Å². The van der Waals surface area contributed by atoms with E-state index < -0.39 is 6.10 Å². The third-order valence-corrected chi connectivity index (χ3v) is 13.7. The fraction of sp³-hybridized carbons (Fsp3) is 0.681. The lowest BCUT2D eigenvalue weighted by Crippen LogP contribution is -2.30. The van der Waals surface area contributed by atoms with Crippen LogP contribution in [-0.2, 0) is 28.6 Å². The standard InChI is InChI=1S/C72H120O6/c1-4-7-10-13-16-19-22-25-28-30-31-32-33-34-35-36-37-38-39-40-41-43-44-47-50-53-56-59-62-65-71(74)77-68-69(67-76-70(73)64-61-58-55-52-49-46-27-24-21-18-15-12-9-6-3)78-72(75)66-63-60-57-54-51-48-45-42-29-26-23-20-17-14-11-8-5-2/h8,11,15,17-18,20,22,24-27,29-31,33-34,45,48,54,57,69H,4-7,9-10,12-14,16,19,21,23,28,32,35-44,46-47,49-53,55-56,58-68H2,1-3H3/b11-8-,18-15-,20-17-,25-22-,27-24-,29-26-,31-30-,34-33-,48-45-,57-54-. The summed E-state index contributed by atoms with van der Waals surface area (Å²) in [6.45, 7) is 6.43. The number of unbranched alkanes of at least 4 members (excludes halogenated alkanes) is 27. The molecule has 0 N–H and O–H groups in total. The maximum atomic E-state index is 12.9. The molecule has 0 heterocycles. The van der Waals surface area contributed by atoms with Gasteiger partial charge >= 0.3 is 17.9 Å². The Balaban J connectivity index is 4.33. The molecule has 0 amide bonds. The summed E-state index contributed by atoms with van der Waals surface area (Å²) >= 11 is 0. The Hall–Kier alpha value is -4.19. The van der Waals surface area contributed by atoms with Crippen molar-refractivity contribution >= 4 is 17.9 Å². The Morgan fingerprint density at radius 1 is 0.269 bits per heavy atom. The molecule has 0 aliphatic carbocycles. The smallest absolute Gasteiger partial charge is 0.306 e. The van der Waals surface area contributed by atoms with Gasteiger partial charge in [0.15, 0.2) is 6.10 Å². The van der Waals surface area contributed by atoms with Crippen LogP contribution in [0, 0.1) is 0 Å². The lowest BCUT2D eigenvalue weighted by molar-refractivity contribution is -0.167. The van der Waals surface area contributed by atoms with Crippen LogP contribution in [0.5, 0.6) is 0 Å². The van der Waals surface area contributed by atoms with E-state index >= 15 is 0 Å². The highest BCUT2D eigenvalue weighted by Gasteiger charge is 2.19. The number of carbonyl (C=O) groups is 3. The monoisotopic (exact) mass is 1080 g/mol. The molecule has 0 aromatic heterocycles. The summed E-state index contributed by atoms with van der Waals surface area (Å²) in [6.07, 6.45) is 90.8. The molecule has 0 aliphatic rings. The normalized spacial score (nSPS) is 12.9. The fourth-order valence-corrected chi connectivity index (χ4v) is 8.80. The molecular weight excluding hydrogens is 961 g/mol. The summed E-state index contributed by atoms with van der Waals surface area (Å²) in [7, 11) is 0. The molecule has 0 spiro atoms. The van der Waals surface area contributed by atoms with Crippen LogP contribution < -0.4 is 0 Å². The number of esters is 3. The van der Waals surface area contributed by atoms with Crippen LogP contribution in [0.25, 0.3) is 0 Å². The highest BCUT2D eigenvalue weighted by Crippen LogP contribution is 2.16. The van der Waals surface area contributed by atoms with Crippen LogP contribution in [0.3, 0.4) is 0 Å². The van der Waals surface area contributed by atoms with Crippen molar-refractivity contribution < 1.29 is 28.6 Å². The minimum Gasteiger partial charge on any atom is -0.462 e. The third kappa shape index (κ3) is 62.7. The van der Waals surface area contributed by atoms with Gasteiger partial charge < -0.3 is 14.2 Å². The highest BCUT2D eigenvalue weighted by atomic mass is 16.6. The van der Waals surface area contributed by atoms with Gasteiger partial charge in [0, 0.05) is 19.3 Å². The van der Waals surface area contributed by atoms with E-state index in [1.54, 1.807) is 0 Å². The molecule has 0 fully saturated rings. The molecule has 0 saturated heterocycles. The second-order valence-electron chi connectivity index (χ2n) is 21.3. The molecule has 0 saturated carbocycles. The fourth-order valence-electron chi connectivity index (χ4n) is 8.80. The van der Waals surface area contributed by atoms with Gasteiger partial charge in [0.25, 0.3) is 0 Å². The summed E-state index contributed by atoms with van der Waals surface area (Å²) in [4.78, 5) is 38.3. The van der Waals surface area contributed by atoms with Crippen LogP contribution in [-0.4, -0.2) is 37.2 Å². The van der Waals surface area contributed by atoms with Gasteiger partial charge in [-0.2, -0.15) is 0 Å². The van der Waals surface area contributed by atoms with Crippen molar-refractivity contribution in [1.29, 1.82) is 0 Å². The van der Waals surface area contributed by atoms with Crippen molar-refractivity contribution in [2.24, 2.45) is 0 Å². The van der Waals surface area contributed by atoms with Gasteiger partial charge in [0.2, 0.25) is 0 Å². The van der Waals surface area contributed by atoms with Crippen molar-refractivity contribution in [2.45, 2.75) is 303 Å². The molecule has 6 heteroatoms. The minimum atomic E-state index is -0.818. The SMILES string of the molecule is CC/C=C\C/C=C\C/C=C\C/C=C\C/C=C\CCCC(=O)OC(COC(=O)CCCCCCC/C=C\C/C=C\CCCC)COC(=O)CCCCCCCCCCCCCCCC/C=C\C/C=C\C/C=C\CCCCCCC. The Morgan fingerprint density at radius 2 is 0.526 bits per heavy atom. The first-order chi connectivity index (χ1) is 38.5. The van der Waals surface area contributed by atoms with Gasteiger partial charge in [-0.15, -0.1) is 0 Å². The molecular formula is C72H120O6. The highest BCUT2D eigenvalue weighted by molar-refractivity contribution is 5.71. The van der Waals surface area contributed by atoms with E-state index in [-0.39, 0.29) is 37.5 Å². The van der Waals surface area contributed by atoms with Crippen LogP contribution >= 0.6 is 0 Å². The first kappa shape index (κ1) is 73.8. The van der Waals surface area contributed by atoms with E-state index in [1.165, 1.54) is 135 Å². The maximum absolute atomic E-state index is 12.9. The number of hydrogen-bond acceptors (Lipinski definition) is 6. The second-order valence-corrected chi connectivity index (χ2v) is 21.3. The van der Waals surface area contributed by atoms with Crippen LogP contribution in [0.15, 0.2) is 122 Å². The van der Waals surface area contributed by atoms with Crippen LogP contribution in [0.1, 0.15) is 297 Å². The summed E-state index contributed by atoms with van der Waals surface area (Å²) in [5.74, 6) is -0.977. The molecule has 1 unspecified atom stereocenters. The molecule has 0 aliphatic heterocycles. The molecule has 444 valence electrons. The van der Waals surface area contributed by atoms with Crippen molar-refractivity contribution in [1.82, 2.24) is 0 Å². The van der Waals surface area contributed by atoms with Crippen LogP contribution in [0.2, 0.25) is 0 Å². The van der Waals surface area contributed by atoms with Crippen molar-refractivity contribution in [3.8, 4) is 0 Å². The molecule has 0 rings (SSSR count). The molecule has 0 aromatic carbocycles. The summed E-state index contributed by atoms with van der Waals surface area (Å²) in [5.41, 5.74) is 0. The topological polar surface area (TPSA) is 78.9 Å². The van der Waals surface area contributed by atoms with E-state index in [4.69, 9.17) is 14.2 Å². The predicted molar refractivity (Wildman–Crippen MR) is 339 cm³/mol. The van der Waals surface area contributed by atoms with Gasteiger partial charge in [-0.3, -0.25) is 14.4 Å². The van der Waals surface area contributed by atoms with Crippen molar-refractivity contribution in [2.75, 3.05) is 13.2 Å². The quantitative estimate of drug-likeness (QED) is 0.0261. The zero-order chi connectivity index (χ0) is 56.4. The Kier molecular flexibility index (Phi) is 61.8. The summed E-state index contributed by atoms with van der Waals surface area (Å²) < 4.78 is 16.9. The largest absolute Gasteiger partial charge is 0.462 e. The first-order valence-electron chi connectivity index (χ1n) is 32.5. The van der Waals surface area contributed by atoms with E-state index in [9.17, 15) is 14.4 Å². The number of carbonyl (C=O) groups excluding carboxylic acids is 3. The predicted octanol–water partition coefficient (Wildman–Crippen LogP) is 22.4. The lowest BCUT2D eigenvalue weighted by atomic mass is 10.0. The Labute approximate surface area is 482 Å². The second kappa shape index (κ2) is 65.3. The number of ether oxygens (including phenoxy) is 3. The number of hydrogen-bond donors (Lipinski definition) is 0. The molecule has 0 bridgehead atoms. The van der Waals surface area contributed by atoms with Gasteiger partial charge in [-0.25, -0.2) is 0 Å². The average Bonchev–Trinajstić information content (AvgIpc) is 3.44. The van der Waals surface area contributed by atoms with Gasteiger partial charge in [0.05, 0.1) is 0 Å². The maximum Gasteiger partial charge on any atom is 0.306 e. The third-order valence-electron chi connectivity index (χ3n) is 13.7. The minimum absolute atomic E-state index is 0.107. The molecule has 0 radical (unpaired) electrons. The van der Waals surface area contributed by atoms with Crippen molar-refractivity contribution in [3.05, 3.63) is 122 Å². The van der Waals surface area contributed by atoms with Gasteiger partial charge in [-0.05, 0) is 122 Å². The zero-order valence-corrected chi connectivity index (χ0v) is 50.9. The van der Waals surface area contributed by atoms with E-state index in [0.29, 0.717) is 19.3 Å². The van der Waals surface area contributed by atoms with Gasteiger partial charge in [0.1, 0.15) is 13.2 Å². The Bertz CT molecular complexity index is 1620. The lowest BCUT2D eigenvalue weighted by Gasteiger charge is -2.18. The molecule has 78 heavy (non-hydrogen) atoms. The number of allylic oxidation sites excluding steroid dienone is 20. The van der Waals surface area contributed by atoms with Crippen molar-refractivity contribution in [3.63, 3.8) is 0 Å². The molecule has 0 aromatic rings. The van der Waals surface area contributed by atoms with E-state index in [0.717, 1.165) is 116 Å². The average molecular weight is 1080 g/mol. The molecule has 6 nitrogen and oxygen atoms in total. The van der Waals surface area contributed by atoms with Gasteiger partial charge in [-0.1, -0.05) is 277 Å².